The monoisotopic (exact) mass is 449 g/mol. The lowest BCUT2D eigenvalue weighted by molar-refractivity contribution is -0.144. The van der Waals surface area contributed by atoms with Crippen LogP contribution in [0, 0.1) is 0 Å². The van der Waals surface area contributed by atoms with E-state index in [1.54, 1.807) is 36.4 Å². The summed E-state index contributed by atoms with van der Waals surface area (Å²) in [5.74, 6) is -3.28. The number of fused-ring (bicyclic) bond motifs is 3. The number of anilines is 1. The number of aliphatic hydroxyl groups excluding tert-OH is 1. The number of ketones is 1. The first kappa shape index (κ1) is 23.4. The summed E-state index contributed by atoms with van der Waals surface area (Å²) in [6.45, 7) is 0.853. The Balaban J connectivity index is 1.95. The molecule has 2 N–H and O–H groups in total. The third kappa shape index (κ3) is 4.96. The van der Waals surface area contributed by atoms with Gasteiger partial charge in [-0.05, 0) is 30.2 Å². The zero-order chi connectivity index (χ0) is 23.5. The number of carbonyl (C=O) groups excluding carboxylic acids is 3. The van der Waals surface area contributed by atoms with E-state index in [0.29, 0.717) is 16.7 Å². The molecule has 1 aliphatic heterocycles. The molecule has 170 valence electrons. The number of hydrogen-bond acceptors (Lipinski definition) is 5. The second-order valence-corrected chi connectivity index (χ2v) is 7.42. The van der Waals surface area contributed by atoms with Gasteiger partial charge in [-0.25, -0.2) is 4.98 Å². The van der Waals surface area contributed by atoms with Crippen LogP contribution in [0.4, 0.5) is 19.0 Å². The van der Waals surface area contributed by atoms with Crippen molar-refractivity contribution in [1.29, 1.82) is 0 Å². The lowest BCUT2D eigenvalue weighted by atomic mass is 9.86. The number of carbonyl (C=O) groups is 3. The molecule has 0 aliphatic carbocycles. The van der Waals surface area contributed by atoms with Gasteiger partial charge in [0.25, 0.3) is 0 Å². The summed E-state index contributed by atoms with van der Waals surface area (Å²) in [7, 11) is 0. The number of nitrogens with zero attached hydrogens (tertiary/aromatic N) is 2. The van der Waals surface area contributed by atoms with Crippen LogP contribution in [0.5, 0.6) is 0 Å². The van der Waals surface area contributed by atoms with Crippen molar-refractivity contribution in [2.24, 2.45) is 0 Å². The second kappa shape index (κ2) is 9.47. The molecule has 7 nitrogen and oxygen atoms in total. The molecule has 2 atom stereocenters. The Morgan fingerprint density at radius 2 is 1.88 bits per heavy atom. The quantitative estimate of drug-likeness (QED) is 0.633. The summed E-state index contributed by atoms with van der Waals surface area (Å²) in [6, 6.07) is 8.98. The minimum absolute atomic E-state index is 0.104. The predicted octanol–water partition coefficient (Wildman–Crippen LogP) is 2.59. The molecule has 2 amide bonds. The molecule has 0 saturated carbocycles. The molecule has 1 unspecified atom stereocenters. The van der Waals surface area contributed by atoms with Crippen LogP contribution in [0.25, 0.3) is 11.1 Å². The van der Waals surface area contributed by atoms with E-state index in [2.05, 4.69) is 10.3 Å². The number of β-amino-alcohol motifs (C(OH)–C–C–N with tert-alkyl or cyclic N) is 1. The van der Waals surface area contributed by atoms with Crippen LogP contribution in [-0.4, -0.2) is 53.1 Å². The minimum Gasteiger partial charge on any atom is -0.395 e. The van der Waals surface area contributed by atoms with Crippen molar-refractivity contribution in [2.45, 2.75) is 37.9 Å². The van der Waals surface area contributed by atoms with Crippen molar-refractivity contribution in [2.75, 3.05) is 18.1 Å². The molecule has 1 aromatic carbocycles. The summed E-state index contributed by atoms with van der Waals surface area (Å²) in [5.41, 5.74) is 1.59. The number of aromatic nitrogens is 1. The van der Waals surface area contributed by atoms with Crippen LogP contribution in [0.2, 0.25) is 0 Å². The molecular weight excluding hydrogens is 427 g/mol. The van der Waals surface area contributed by atoms with Crippen LogP contribution in [-0.2, 0) is 14.4 Å². The third-order valence-electron chi connectivity index (χ3n) is 5.17. The maximum absolute atomic E-state index is 13.4. The van der Waals surface area contributed by atoms with Crippen molar-refractivity contribution in [3.63, 3.8) is 0 Å². The van der Waals surface area contributed by atoms with Crippen molar-refractivity contribution < 1.29 is 32.7 Å². The summed E-state index contributed by atoms with van der Waals surface area (Å²) in [6.07, 6.45) is -5.13. The number of Topliss-reactive ketones (excluding diaryl/α,β-unsaturated/α-hetero) is 1. The van der Waals surface area contributed by atoms with Crippen LogP contribution in [0.15, 0.2) is 42.6 Å². The van der Waals surface area contributed by atoms with Gasteiger partial charge in [0.15, 0.2) is 5.78 Å². The SMILES string of the molecule is CC(NC(=O)CCC(F)(F)F)C(=O)[C@H]1C(=O)N(CCO)c2ncccc2-c2ccccc21. The van der Waals surface area contributed by atoms with Crippen molar-refractivity contribution in [1.82, 2.24) is 10.3 Å². The normalized spacial score (nSPS) is 16.6. The van der Waals surface area contributed by atoms with Crippen LogP contribution in [0.1, 0.15) is 31.2 Å². The second-order valence-electron chi connectivity index (χ2n) is 7.42. The molecule has 0 saturated heterocycles. The van der Waals surface area contributed by atoms with Gasteiger partial charge in [0, 0.05) is 18.2 Å². The highest BCUT2D eigenvalue weighted by Gasteiger charge is 2.40. The fraction of sp³-hybridized carbons (Fsp3) is 0.364. The summed E-state index contributed by atoms with van der Waals surface area (Å²) < 4.78 is 37.2. The molecule has 2 heterocycles. The highest BCUT2D eigenvalue weighted by molar-refractivity contribution is 6.17. The maximum Gasteiger partial charge on any atom is 0.389 e. The number of halogens is 3. The van der Waals surface area contributed by atoms with Gasteiger partial charge in [-0.1, -0.05) is 24.3 Å². The highest BCUT2D eigenvalue weighted by Crippen LogP contribution is 2.40. The number of pyridine rings is 1. The van der Waals surface area contributed by atoms with Crippen LogP contribution in [0.3, 0.4) is 0 Å². The molecule has 1 aromatic heterocycles. The van der Waals surface area contributed by atoms with E-state index in [1.807, 2.05) is 0 Å². The topological polar surface area (TPSA) is 99.6 Å². The van der Waals surface area contributed by atoms with E-state index in [1.165, 1.54) is 18.0 Å². The Morgan fingerprint density at radius 1 is 1.19 bits per heavy atom. The lowest BCUT2D eigenvalue weighted by Crippen LogP contribution is -2.46. The number of benzene rings is 1. The van der Waals surface area contributed by atoms with Gasteiger partial charge in [-0.15, -0.1) is 0 Å². The summed E-state index contributed by atoms with van der Waals surface area (Å²) in [4.78, 5) is 44.2. The average Bonchev–Trinajstić information content (AvgIpc) is 2.85. The number of alkyl halides is 3. The van der Waals surface area contributed by atoms with E-state index in [-0.39, 0.29) is 19.0 Å². The Hall–Kier alpha value is -3.27. The van der Waals surface area contributed by atoms with Crippen molar-refractivity contribution in [3.8, 4) is 11.1 Å². The Kier molecular flexibility index (Phi) is 6.93. The molecule has 3 rings (SSSR count). The van der Waals surface area contributed by atoms with E-state index in [4.69, 9.17) is 0 Å². The van der Waals surface area contributed by atoms with Gasteiger partial charge < -0.3 is 10.4 Å². The van der Waals surface area contributed by atoms with E-state index in [0.717, 1.165) is 0 Å². The fourth-order valence-corrected chi connectivity index (χ4v) is 3.69. The Morgan fingerprint density at radius 3 is 2.56 bits per heavy atom. The molecule has 10 heteroatoms. The van der Waals surface area contributed by atoms with Gasteiger partial charge in [-0.3, -0.25) is 19.3 Å². The molecule has 0 fully saturated rings. The molecular formula is C22H22F3N3O4. The Bertz CT molecular complexity index is 1030. The van der Waals surface area contributed by atoms with Crippen molar-refractivity contribution in [3.05, 3.63) is 48.2 Å². The van der Waals surface area contributed by atoms with Crippen LogP contribution >= 0.6 is 0 Å². The first-order valence-electron chi connectivity index (χ1n) is 10.0. The van der Waals surface area contributed by atoms with E-state index >= 15 is 0 Å². The zero-order valence-electron chi connectivity index (χ0n) is 17.2. The smallest absolute Gasteiger partial charge is 0.389 e. The average molecular weight is 449 g/mol. The molecule has 0 radical (unpaired) electrons. The highest BCUT2D eigenvalue weighted by atomic mass is 19.4. The summed E-state index contributed by atoms with van der Waals surface area (Å²) >= 11 is 0. The number of hydrogen-bond donors (Lipinski definition) is 2. The fourth-order valence-electron chi connectivity index (χ4n) is 3.69. The van der Waals surface area contributed by atoms with Gasteiger partial charge in [0.2, 0.25) is 11.8 Å². The summed E-state index contributed by atoms with van der Waals surface area (Å²) in [5, 5.41) is 11.8. The molecule has 2 aromatic rings. The molecule has 1 aliphatic rings. The van der Waals surface area contributed by atoms with Gasteiger partial charge >= 0.3 is 6.18 Å². The number of nitrogens with one attached hydrogen (secondary N) is 1. The van der Waals surface area contributed by atoms with Gasteiger partial charge in [-0.2, -0.15) is 13.2 Å². The largest absolute Gasteiger partial charge is 0.395 e. The van der Waals surface area contributed by atoms with Crippen molar-refractivity contribution >= 4 is 23.4 Å². The van der Waals surface area contributed by atoms with E-state index < -0.39 is 48.6 Å². The number of aliphatic hydroxyl groups is 1. The van der Waals surface area contributed by atoms with E-state index in [9.17, 15) is 32.7 Å². The third-order valence-corrected chi connectivity index (χ3v) is 5.17. The van der Waals surface area contributed by atoms with Gasteiger partial charge in [0.1, 0.15) is 11.7 Å². The maximum atomic E-state index is 13.4. The van der Waals surface area contributed by atoms with Crippen LogP contribution < -0.4 is 10.2 Å². The first-order chi connectivity index (χ1) is 15.1. The minimum atomic E-state index is -4.50. The lowest BCUT2D eigenvalue weighted by Gasteiger charge is -2.25. The number of rotatable bonds is 7. The van der Waals surface area contributed by atoms with Gasteiger partial charge in [0.05, 0.1) is 25.6 Å². The molecule has 0 spiro atoms. The first-order valence-corrected chi connectivity index (χ1v) is 10.0. The Labute approximate surface area is 182 Å². The number of amides is 2. The zero-order valence-corrected chi connectivity index (χ0v) is 17.2. The predicted molar refractivity (Wildman–Crippen MR) is 110 cm³/mol. The molecule has 0 bridgehead atoms. The standard InChI is InChI=1S/C22H22F3N3O4/c1-13(27-17(30)8-9-22(23,24)25)19(31)18-15-6-3-2-5-14(15)16-7-4-10-26-20(16)28(11-12-29)21(18)32/h2-7,10,13,18,29H,8-9,11-12H2,1H3,(H,27,30)/t13?,18-/m0/s1. The molecule has 32 heavy (non-hydrogen) atoms.